The molecule has 0 heterocycles. The van der Waals surface area contributed by atoms with E-state index in [4.69, 9.17) is 0 Å². The smallest absolute Gasteiger partial charge is 0.243 e. The van der Waals surface area contributed by atoms with Crippen LogP contribution in [0.1, 0.15) is 51.9 Å². The van der Waals surface area contributed by atoms with Gasteiger partial charge in [-0.05, 0) is 35.7 Å². The average molecular weight is 403 g/mol. The van der Waals surface area contributed by atoms with E-state index in [0.29, 0.717) is 0 Å². The lowest BCUT2D eigenvalue weighted by Gasteiger charge is -2.24. The molecular weight excluding hydrogens is 372 g/mol. The summed E-state index contributed by atoms with van der Waals surface area (Å²) in [5.41, 5.74) is 0. The number of rotatable bonds is 6. The van der Waals surface area contributed by atoms with Gasteiger partial charge in [-0.1, -0.05) is 69.4 Å². The van der Waals surface area contributed by atoms with E-state index in [0.717, 1.165) is 36.5 Å². The second-order valence-electron chi connectivity index (χ2n) is 7.55. The molecule has 1 saturated carbocycles. The number of likely N-dealkylation sites (N-methyl/N-ethyl adjacent to an activating group) is 1. The molecule has 0 saturated heterocycles. The predicted octanol–water partition coefficient (Wildman–Crippen LogP) is 4.08. The fourth-order valence-corrected chi connectivity index (χ4v) is 5.32. The molecule has 152 valence electrons. The molecule has 1 aliphatic carbocycles. The molecule has 2 aromatic rings. The minimum Gasteiger partial charge on any atom is -0.352 e. The topological polar surface area (TPSA) is 66.5 Å². The zero-order valence-corrected chi connectivity index (χ0v) is 17.4. The van der Waals surface area contributed by atoms with Crippen LogP contribution in [0.25, 0.3) is 10.8 Å². The molecule has 0 unspecified atom stereocenters. The highest BCUT2D eigenvalue weighted by Gasteiger charge is 2.26. The van der Waals surface area contributed by atoms with Crippen molar-refractivity contribution in [3.8, 4) is 0 Å². The minimum absolute atomic E-state index is 0.137. The third-order valence-corrected chi connectivity index (χ3v) is 7.42. The van der Waals surface area contributed by atoms with Crippen LogP contribution in [0.4, 0.5) is 0 Å². The van der Waals surface area contributed by atoms with E-state index in [1.165, 1.54) is 23.6 Å². The SMILES string of the molecule is CCN(CC(=O)NC1CCCCCCC1)S(=O)(=O)c1ccc2ccccc2c1. The van der Waals surface area contributed by atoms with Gasteiger partial charge in [-0.2, -0.15) is 4.31 Å². The highest BCUT2D eigenvalue weighted by molar-refractivity contribution is 7.89. The molecule has 1 fully saturated rings. The Bertz CT molecular complexity index is 903. The normalized spacial score (nSPS) is 16.6. The van der Waals surface area contributed by atoms with Gasteiger partial charge in [-0.25, -0.2) is 8.42 Å². The number of hydrogen-bond acceptors (Lipinski definition) is 3. The molecule has 0 spiro atoms. The van der Waals surface area contributed by atoms with Gasteiger partial charge in [-0.3, -0.25) is 4.79 Å². The number of hydrogen-bond donors (Lipinski definition) is 1. The average Bonchev–Trinajstić information content (AvgIpc) is 2.67. The van der Waals surface area contributed by atoms with Gasteiger partial charge in [-0.15, -0.1) is 0 Å². The lowest BCUT2D eigenvalue weighted by molar-refractivity contribution is -0.122. The molecule has 3 rings (SSSR count). The number of fused-ring (bicyclic) bond motifs is 1. The quantitative estimate of drug-likeness (QED) is 0.792. The molecule has 6 heteroatoms. The number of carbonyl (C=O) groups excluding carboxylic acids is 1. The number of benzene rings is 2. The maximum atomic E-state index is 13.1. The second-order valence-corrected chi connectivity index (χ2v) is 9.49. The molecule has 28 heavy (non-hydrogen) atoms. The molecular formula is C22H30N2O3S. The van der Waals surface area contributed by atoms with Crippen molar-refractivity contribution in [1.29, 1.82) is 0 Å². The van der Waals surface area contributed by atoms with Crippen LogP contribution >= 0.6 is 0 Å². The molecule has 0 aliphatic heterocycles. The van der Waals surface area contributed by atoms with Crippen molar-refractivity contribution >= 4 is 26.7 Å². The first-order chi connectivity index (χ1) is 13.5. The van der Waals surface area contributed by atoms with Crippen molar-refractivity contribution in [2.24, 2.45) is 0 Å². The van der Waals surface area contributed by atoms with Crippen LogP contribution in [0.15, 0.2) is 47.4 Å². The van der Waals surface area contributed by atoms with Gasteiger partial charge in [0.15, 0.2) is 0 Å². The Kier molecular flexibility index (Phi) is 7.08. The van der Waals surface area contributed by atoms with Gasteiger partial charge in [0.05, 0.1) is 11.4 Å². The molecule has 5 nitrogen and oxygen atoms in total. The zero-order chi connectivity index (χ0) is 20.0. The fraction of sp³-hybridized carbons (Fsp3) is 0.500. The summed E-state index contributed by atoms with van der Waals surface area (Å²) in [5, 5.41) is 4.93. The summed E-state index contributed by atoms with van der Waals surface area (Å²) in [4.78, 5) is 12.8. The first-order valence-corrected chi connectivity index (χ1v) is 11.7. The molecule has 0 bridgehead atoms. The second kappa shape index (κ2) is 9.52. The molecule has 2 aromatic carbocycles. The summed E-state index contributed by atoms with van der Waals surface area (Å²) >= 11 is 0. The largest absolute Gasteiger partial charge is 0.352 e. The zero-order valence-electron chi connectivity index (χ0n) is 16.6. The third-order valence-electron chi connectivity index (χ3n) is 5.50. The van der Waals surface area contributed by atoms with E-state index in [1.807, 2.05) is 30.3 Å². The van der Waals surface area contributed by atoms with Gasteiger partial charge < -0.3 is 5.32 Å². The minimum atomic E-state index is -3.72. The Morgan fingerprint density at radius 3 is 2.32 bits per heavy atom. The van der Waals surface area contributed by atoms with E-state index in [9.17, 15) is 13.2 Å². The lowest BCUT2D eigenvalue weighted by Crippen LogP contribution is -2.44. The van der Waals surface area contributed by atoms with E-state index in [1.54, 1.807) is 19.1 Å². The van der Waals surface area contributed by atoms with Crippen LogP contribution in [0.3, 0.4) is 0 Å². The van der Waals surface area contributed by atoms with Gasteiger partial charge in [0.25, 0.3) is 0 Å². The number of nitrogens with one attached hydrogen (secondary N) is 1. The molecule has 1 amide bonds. The fourth-order valence-electron chi connectivity index (χ4n) is 3.88. The van der Waals surface area contributed by atoms with Crippen LogP contribution < -0.4 is 5.32 Å². The van der Waals surface area contributed by atoms with Gasteiger partial charge in [0.2, 0.25) is 15.9 Å². The number of sulfonamides is 1. The molecule has 1 N–H and O–H groups in total. The van der Waals surface area contributed by atoms with E-state index in [-0.39, 0.29) is 29.9 Å². The summed E-state index contributed by atoms with van der Waals surface area (Å²) in [6.07, 6.45) is 7.90. The highest BCUT2D eigenvalue weighted by Crippen LogP contribution is 2.22. The maximum absolute atomic E-state index is 13.1. The Balaban J connectivity index is 1.70. The first kappa shape index (κ1) is 20.8. The summed E-state index contributed by atoms with van der Waals surface area (Å²) in [6.45, 7) is 1.89. The summed E-state index contributed by atoms with van der Waals surface area (Å²) < 4.78 is 27.4. The van der Waals surface area contributed by atoms with Crippen molar-refractivity contribution in [2.45, 2.75) is 62.8 Å². The van der Waals surface area contributed by atoms with Gasteiger partial charge >= 0.3 is 0 Å². The lowest BCUT2D eigenvalue weighted by atomic mass is 9.97. The van der Waals surface area contributed by atoms with Crippen LogP contribution in [0, 0.1) is 0 Å². The summed E-state index contributed by atoms with van der Waals surface area (Å²) in [7, 11) is -3.72. The van der Waals surface area contributed by atoms with Crippen LogP contribution in [-0.2, 0) is 14.8 Å². The van der Waals surface area contributed by atoms with Crippen molar-refractivity contribution < 1.29 is 13.2 Å². The molecule has 1 aliphatic rings. The van der Waals surface area contributed by atoms with E-state index in [2.05, 4.69) is 5.32 Å². The van der Waals surface area contributed by atoms with Crippen molar-refractivity contribution in [3.05, 3.63) is 42.5 Å². The molecule has 0 aromatic heterocycles. The number of carbonyl (C=O) groups is 1. The van der Waals surface area contributed by atoms with Crippen molar-refractivity contribution in [1.82, 2.24) is 9.62 Å². The standard InChI is InChI=1S/C22H30N2O3S/c1-2-24(17-22(25)23-20-12-6-4-3-5-7-13-20)28(26,27)21-15-14-18-10-8-9-11-19(18)16-21/h8-11,14-16,20H,2-7,12-13,17H2,1H3,(H,23,25). The molecule has 0 radical (unpaired) electrons. The van der Waals surface area contributed by atoms with Crippen molar-refractivity contribution in [2.75, 3.05) is 13.1 Å². The van der Waals surface area contributed by atoms with E-state index < -0.39 is 10.0 Å². The van der Waals surface area contributed by atoms with E-state index >= 15 is 0 Å². The molecule has 0 atom stereocenters. The van der Waals surface area contributed by atoms with Gasteiger partial charge in [0.1, 0.15) is 0 Å². The number of nitrogens with zero attached hydrogens (tertiary/aromatic N) is 1. The Hall–Kier alpha value is -1.92. The van der Waals surface area contributed by atoms with Gasteiger partial charge in [0, 0.05) is 12.6 Å². The van der Waals surface area contributed by atoms with Crippen molar-refractivity contribution in [3.63, 3.8) is 0 Å². The Labute approximate surface area is 168 Å². The van der Waals surface area contributed by atoms with Crippen LogP contribution in [0.5, 0.6) is 0 Å². The Morgan fingerprint density at radius 2 is 1.64 bits per heavy atom. The summed E-state index contributed by atoms with van der Waals surface area (Å²) in [5.74, 6) is -0.211. The summed E-state index contributed by atoms with van der Waals surface area (Å²) in [6, 6.07) is 12.9. The predicted molar refractivity (Wildman–Crippen MR) is 113 cm³/mol. The highest BCUT2D eigenvalue weighted by atomic mass is 32.2. The maximum Gasteiger partial charge on any atom is 0.243 e. The Morgan fingerprint density at radius 1 is 1.00 bits per heavy atom. The monoisotopic (exact) mass is 402 g/mol. The third kappa shape index (κ3) is 5.11. The first-order valence-electron chi connectivity index (χ1n) is 10.3. The van der Waals surface area contributed by atoms with Crippen LogP contribution in [-0.4, -0.2) is 37.8 Å². The number of amides is 1. The van der Waals surface area contributed by atoms with Crippen LogP contribution in [0.2, 0.25) is 0 Å².